The average Bonchev–Trinajstić information content (AvgIpc) is 2.98. The highest BCUT2D eigenvalue weighted by molar-refractivity contribution is 7.25. The van der Waals surface area contributed by atoms with Gasteiger partial charge in [0.2, 0.25) is 0 Å². The van der Waals surface area contributed by atoms with Crippen molar-refractivity contribution >= 4 is 37.6 Å². The van der Waals surface area contributed by atoms with Crippen LogP contribution in [-0.4, -0.2) is 15.0 Å². The smallest absolute Gasteiger partial charge is 0.161 e. The van der Waals surface area contributed by atoms with Gasteiger partial charge in [0.25, 0.3) is 0 Å². The van der Waals surface area contributed by atoms with Crippen LogP contribution >= 0.6 is 11.3 Å². The molecule has 18 heavy (non-hydrogen) atoms. The quantitative estimate of drug-likeness (QED) is 0.515. The molecule has 5 nitrogen and oxygen atoms in total. The van der Waals surface area contributed by atoms with Gasteiger partial charge in [0.05, 0.1) is 10.2 Å². The fraction of sp³-hybridized carbons (Fsp3) is 0.250. The fourth-order valence-corrected chi connectivity index (χ4v) is 3.64. The Morgan fingerprint density at radius 3 is 3.11 bits per heavy atom. The highest BCUT2D eigenvalue weighted by atomic mass is 32.1. The highest BCUT2D eigenvalue weighted by Crippen LogP contribution is 2.36. The minimum Gasteiger partial charge on any atom is -0.307 e. The second kappa shape index (κ2) is 3.60. The van der Waals surface area contributed by atoms with E-state index < -0.39 is 0 Å². The molecule has 1 aliphatic rings. The summed E-state index contributed by atoms with van der Waals surface area (Å²) in [5.41, 5.74) is 6.17. The molecule has 0 saturated heterocycles. The van der Waals surface area contributed by atoms with Crippen LogP contribution in [0.15, 0.2) is 12.4 Å². The Balaban J connectivity index is 2.13. The second-order valence-corrected chi connectivity index (χ2v) is 5.45. The summed E-state index contributed by atoms with van der Waals surface area (Å²) in [6.07, 6.45) is 4.97. The van der Waals surface area contributed by atoms with Crippen LogP contribution in [0.5, 0.6) is 0 Å². The number of nitrogens with two attached hydrogens (primary N) is 1. The predicted octanol–water partition coefficient (Wildman–Crippen LogP) is 2.01. The minimum atomic E-state index is 0.670. The number of fused-ring (bicyclic) bond motifs is 4. The molecule has 3 aromatic rings. The molecule has 3 aromatic heterocycles. The number of aryl methyl sites for hydroxylation is 2. The fourth-order valence-electron chi connectivity index (χ4n) is 2.56. The second-order valence-electron chi connectivity index (χ2n) is 4.45. The number of nitrogens with one attached hydrogen (secondary N) is 1. The summed E-state index contributed by atoms with van der Waals surface area (Å²) in [6, 6.07) is 2.23. The van der Waals surface area contributed by atoms with Gasteiger partial charge in [-0.1, -0.05) is 0 Å². The summed E-state index contributed by atoms with van der Waals surface area (Å²) in [6.45, 7) is 0. The van der Waals surface area contributed by atoms with Gasteiger partial charge in [0.1, 0.15) is 11.2 Å². The summed E-state index contributed by atoms with van der Waals surface area (Å²) in [4.78, 5) is 14.3. The van der Waals surface area contributed by atoms with E-state index in [-0.39, 0.29) is 0 Å². The van der Waals surface area contributed by atoms with Crippen LogP contribution in [-0.2, 0) is 12.8 Å². The minimum absolute atomic E-state index is 0.670. The summed E-state index contributed by atoms with van der Waals surface area (Å²) < 4.78 is 0.978. The number of pyridine rings is 1. The van der Waals surface area contributed by atoms with E-state index in [2.05, 4.69) is 21.5 Å². The number of hydrazine groups is 1. The zero-order valence-corrected chi connectivity index (χ0v) is 10.4. The van der Waals surface area contributed by atoms with Crippen LogP contribution in [0.1, 0.15) is 17.7 Å². The number of thiophene rings is 1. The first-order chi connectivity index (χ1) is 8.86. The number of anilines is 1. The molecule has 4 rings (SSSR count). The molecule has 1 aliphatic carbocycles. The van der Waals surface area contributed by atoms with Crippen molar-refractivity contribution in [3.63, 3.8) is 0 Å². The van der Waals surface area contributed by atoms with Gasteiger partial charge in [-0.3, -0.25) is 0 Å². The summed E-state index contributed by atoms with van der Waals surface area (Å²) in [5, 5.41) is 1.12. The molecule has 0 unspecified atom stereocenters. The number of hydrogen-bond acceptors (Lipinski definition) is 6. The zero-order chi connectivity index (χ0) is 12.1. The van der Waals surface area contributed by atoms with Crippen LogP contribution < -0.4 is 11.3 Å². The molecular formula is C12H11N5S. The Labute approximate surface area is 107 Å². The van der Waals surface area contributed by atoms with Gasteiger partial charge in [-0.15, -0.1) is 11.3 Å². The third kappa shape index (κ3) is 1.27. The van der Waals surface area contributed by atoms with Crippen molar-refractivity contribution in [3.05, 3.63) is 23.7 Å². The highest BCUT2D eigenvalue weighted by Gasteiger charge is 2.17. The van der Waals surface area contributed by atoms with E-state index in [4.69, 9.17) is 10.8 Å². The van der Waals surface area contributed by atoms with E-state index in [1.165, 1.54) is 24.0 Å². The van der Waals surface area contributed by atoms with Crippen LogP contribution in [0.4, 0.5) is 5.82 Å². The van der Waals surface area contributed by atoms with E-state index in [9.17, 15) is 0 Å². The molecule has 0 aromatic carbocycles. The molecule has 6 heteroatoms. The molecule has 3 heterocycles. The van der Waals surface area contributed by atoms with E-state index in [1.807, 2.05) is 0 Å². The topological polar surface area (TPSA) is 76.7 Å². The molecule has 0 radical (unpaired) electrons. The Kier molecular flexibility index (Phi) is 2.03. The lowest BCUT2D eigenvalue weighted by molar-refractivity contribution is 0.901. The first-order valence-electron chi connectivity index (χ1n) is 5.89. The number of rotatable bonds is 1. The molecule has 0 fully saturated rings. The van der Waals surface area contributed by atoms with Crippen molar-refractivity contribution in [1.29, 1.82) is 0 Å². The molecule has 90 valence electrons. The molecule has 0 amide bonds. The van der Waals surface area contributed by atoms with E-state index in [1.54, 1.807) is 11.3 Å². The van der Waals surface area contributed by atoms with Gasteiger partial charge in [0, 0.05) is 11.1 Å². The van der Waals surface area contributed by atoms with Crippen molar-refractivity contribution in [2.45, 2.75) is 19.3 Å². The first-order valence-corrected chi connectivity index (χ1v) is 6.71. The van der Waals surface area contributed by atoms with Crippen molar-refractivity contribution < 1.29 is 0 Å². The summed E-state index contributed by atoms with van der Waals surface area (Å²) >= 11 is 1.60. The van der Waals surface area contributed by atoms with Gasteiger partial charge in [-0.25, -0.2) is 20.8 Å². The molecule has 0 atom stereocenters. The Bertz CT molecular complexity index is 764. The Morgan fingerprint density at radius 1 is 1.28 bits per heavy atom. The third-order valence-electron chi connectivity index (χ3n) is 3.41. The Hall–Kier alpha value is -1.79. The number of hydrogen-bond donors (Lipinski definition) is 2. The molecule has 0 saturated carbocycles. The molecular weight excluding hydrogens is 246 g/mol. The lowest BCUT2D eigenvalue weighted by Gasteiger charge is -1.99. The van der Waals surface area contributed by atoms with Crippen LogP contribution in [0.25, 0.3) is 20.4 Å². The Morgan fingerprint density at radius 2 is 2.22 bits per heavy atom. The first kappa shape index (κ1) is 10.2. The van der Waals surface area contributed by atoms with Crippen molar-refractivity contribution in [2.24, 2.45) is 5.84 Å². The maximum absolute atomic E-state index is 5.48. The number of nitrogen functional groups attached to an aromatic ring is 1. The SMILES string of the molecule is NNc1ncnc2c1sc1nc3c(cc12)CCC3. The standard InChI is InChI=1S/C12H11N5S/c13-17-11-10-9(14-5-15-11)7-4-6-2-1-3-8(6)16-12(7)18-10/h4-5H,1-3,13H2,(H,14,15,17). The maximum atomic E-state index is 5.48. The van der Waals surface area contributed by atoms with E-state index in [0.29, 0.717) is 5.82 Å². The van der Waals surface area contributed by atoms with Crippen LogP contribution in [0, 0.1) is 0 Å². The van der Waals surface area contributed by atoms with Crippen molar-refractivity contribution in [2.75, 3.05) is 5.43 Å². The monoisotopic (exact) mass is 257 g/mol. The average molecular weight is 257 g/mol. The summed E-state index contributed by atoms with van der Waals surface area (Å²) in [7, 11) is 0. The van der Waals surface area contributed by atoms with Crippen LogP contribution in [0.3, 0.4) is 0 Å². The van der Waals surface area contributed by atoms with Crippen molar-refractivity contribution in [3.8, 4) is 0 Å². The predicted molar refractivity (Wildman–Crippen MR) is 72.6 cm³/mol. The molecule has 0 aliphatic heterocycles. The molecule has 0 bridgehead atoms. The number of aromatic nitrogens is 3. The largest absolute Gasteiger partial charge is 0.307 e. The zero-order valence-electron chi connectivity index (χ0n) is 9.60. The van der Waals surface area contributed by atoms with Crippen LogP contribution in [0.2, 0.25) is 0 Å². The molecule has 3 N–H and O–H groups in total. The number of nitrogens with zero attached hydrogens (tertiary/aromatic N) is 3. The third-order valence-corrected chi connectivity index (χ3v) is 4.51. The maximum Gasteiger partial charge on any atom is 0.161 e. The lowest BCUT2D eigenvalue weighted by Crippen LogP contribution is -2.08. The lowest BCUT2D eigenvalue weighted by atomic mass is 10.2. The normalized spacial score (nSPS) is 14.3. The van der Waals surface area contributed by atoms with E-state index >= 15 is 0 Å². The van der Waals surface area contributed by atoms with Crippen molar-refractivity contribution in [1.82, 2.24) is 15.0 Å². The van der Waals surface area contributed by atoms with Gasteiger partial charge < -0.3 is 5.43 Å². The van der Waals surface area contributed by atoms with Gasteiger partial charge in [-0.05, 0) is 30.9 Å². The molecule has 0 spiro atoms. The van der Waals surface area contributed by atoms with Gasteiger partial charge in [-0.2, -0.15) is 0 Å². The van der Waals surface area contributed by atoms with E-state index in [0.717, 1.165) is 33.3 Å². The van der Waals surface area contributed by atoms with Gasteiger partial charge >= 0.3 is 0 Å². The summed E-state index contributed by atoms with van der Waals surface area (Å²) in [5.74, 6) is 6.15. The van der Waals surface area contributed by atoms with Gasteiger partial charge in [0.15, 0.2) is 5.82 Å².